The van der Waals surface area contributed by atoms with Crippen LogP contribution in [0, 0.1) is 6.92 Å². The minimum atomic E-state index is 0.410. The van der Waals surface area contributed by atoms with Crippen molar-refractivity contribution in [2.45, 2.75) is 23.8 Å². The van der Waals surface area contributed by atoms with E-state index in [1.54, 1.807) is 0 Å². The lowest BCUT2D eigenvalue weighted by Crippen LogP contribution is -2.02. The zero-order valence-corrected chi connectivity index (χ0v) is 8.95. The Labute approximate surface area is 90.7 Å². The molecule has 0 aliphatic rings. The molecule has 6 nitrogen and oxygen atoms in total. The van der Waals surface area contributed by atoms with Crippen LogP contribution in [0.5, 0.6) is 0 Å². The first-order valence-corrected chi connectivity index (χ1v) is 5.17. The number of hydrogen-bond acceptors (Lipinski definition) is 6. The molecular formula is C8H10N6S. The van der Waals surface area contributed by atoms with E-state index in [0.717, 1.165) is 11.4 Å². The topological polar surface area (TPSA) is 93.4 Å². The van der Waals surface area contributed by atoms with Crippen molar-refractivity contribution in [3.05, 3.63) is 23.8 Å². The van der Waals surface area contributed by atoms with Gasteiger partial charge in [0, 0.05) is 12.2 Å². The molecular weight excluding hydrogens is 212 g/mol. The third kappa shape index (κ3) is 2.51. The van der Waals surface area contributed by atoms with Gasteiger partial charge in [0.25, 0.3) is 0 Å². The van der Waals surface area contributed by atoms with Crippen molar-refractivity contribution in [1.82, 2.24) is 25.1 Å². The molecule has 3 N–H and O–H groups in total. The second kappa shape index (κ2) is 4.37. The number of nitrogens with two attached hydrogens (primary N) is 1. The van der Waals surface area contributed by atoms with E-state index in [4.69, 9.17) is 5.73 Å². The summed E-state index contributed by atoms with van der Waals surface area (Å²) in [5.41, 5.74) is 7.25. The van der Waals surface area contributed by atoms with Gasteiger partial charge in [-0.15, -0.1) is 0 Å². The molecule has 0 spiro atoms. The van der Waals surface area contributed by atoms with Crippen molar-refractivity contribution >= 4 is 11.8 Å². The van der Waals surface area contributed by atoms with Crippen LogP contribution in [0.4, 0.5) is 0 Å². The number of aromatic amines is 1. The second-order valence-electron chi connectivity index (χ2n) is 2.88. The molecule has 2 aromatic heterocycles. The highest BCUT2D eigenvalue weighted by Crippen LogP contribution is 2.20. The van der Waals surface area contributed by atoms with Crippen LogP contribution in [0.25, 0.3) is 0 Å². The zero-order valence-electron chi connectivity index (χ0n) is 8.14. The van der Waals surface area contributed by atoms with E-state index >= 15 is 0 Å². The smallest absolute Gasteiger partial charge is 0.195 e. The number of nitrogens with one attached hydrogen (secondary N) is 1. The lowest BCUT2D eigenvalue weighted by Gasteiger charge is -2.01. The Morgan fingerprint density at radius 1 is 1.47 bits per heavy atom. The number of nitrogens with zero attached hydrogens (tertiary/aromatic N) is 4. The third-order valence-electron chi connectivity index (χ3n) is 1.68. The average molecular weight is 222 g/mol. The number of rotatable bonds is 3. The summed E-state index contributed by atoms with van der Waals surface area (Å²) in [5.74, 6) is 0. The van der Waals surface area contributed by atoms with Crippen molar-refractivity contribution in [2.75, 3.05) is 0 Å². The van der Waals surface area contributed by atoms with E-state index < -0.39 is 0 Å². The van der Waals surface area contributed by atoms with Gasteiger partial charge < -0.3 is 5.73 Å². The number of aromatic nitrogens is 5. The van der Waals surface area contributed by atoms with Gasteiger partial charge in [-0.2, -0.15) is 5.10 Å². The van der Waals surface area contributed by atoms with Gasteiger partial charge in [0.15, 0.2) is 10.3 Å². The van der Waals surface area contributed by atoms with Crippen LogP contribution in [0.3, 0.4) is 0 Å². The summed E-state index contributed by atoms with van der Waals surface area (Å²) in [6.07, 6.45) is 1.45. The Balaban J connectivity index is 2.24. The summed E-state index contributed by atoms with van der Waals surface area (Å²) in [6.45, 7) is 2.32. The molecule has 0 aliphatic heterocycles. The second-order valence-corrected chi connectivity index (χ2v) is 3.84. The van der Waals surface area contributed by atoms with Gasteiger partial charge >= 0.3 is 0 Å². The largest absolute Gasteiger partial charge is 0.325 e. The molecule has 0 fully saturated rings. The van der Waals surface area contributed by atoms with E-state index in [2.05, 4.69) is 25.1 Å². The average Bonchev–Trinajstić information content (AvgIpc) is 2.69. The van der Waals surface area contributed by atoms with E-state index in [1.807, 2.05) is 13.0 Å². The predicted octanol–water partition coefficient (Wildman–Crippen LogP) is 0.513. The Bertz CT molecular complexity index is 440. The summed E-state index contributed by atoms with van der Waals surface area (Å²) < 4.78 is 0. The van der Waals surface area contributed by atoms with Crippen molar-refractivity contribution in [1.29, 1.82) is 0 Å². The SMILES string of the molecule is Cc1cc(CN)nc(Sc2ncn[nH]2)n1. The predicted molar refractivity (Wildman–Crippen MR) is 55.2 cm³/mol. The summed E-state index contributed by atoms with van der Waals surface area (Å²) >= 11 is 1.33. The molecule has 0 aliphatic carbocycles. The molecule has 0 amide bonds. The van der Waals surface area contributed by atoms with Crippen LogP contribution in [0.15, 0.2) is 22.7 Å². The summed E-state index contributed by atoms with van der Waals surface area (Å²) in [4.78, 5) is 12.5. The van der Waals surface area contributed by atoms with Gasteiger partial charge in [-0.1, -0.05) is 0 Å². The van der Waals surface area contributed by atoms with Crippen LogP contribution in [0.2, 0.25) is 0 Å². The highest BCUT2D eigenvalue weighted by Gasteiger charge is 2.05. The Morgan fingerprint density at radius 2 is 2.33 bits per heavy atom. The van der Waals surface area contributed by atoms with Gasteiger partial charge in [0.05, 0.1) is 5.69 Å². The Hall–Kier alpha value is -1.47. The van der Waals surface area contributed by atoms with Crippen molar-refractivity contribution in [3.8, 4) is 0 Å². The van der Waals surface area contributed by atoms with Gasteiger partial charge in [0.2, 0.25) is 0 Å². The standard InChI is InChI=1S/C8H10N6S/c1-5-2-6(3-9)13-8(12-5)15-7-10-4-11-14-7/h2,4H,3,9H2,1H3,(H,10,11,14). The number of aryl methyl sites for hydroxylation is 1. The monoisotopic (exact) mass is 222 g/mol. The molecule has 0 unspecified atom stereocenters. The minimum absolute atomic E-state index is 0.410. The molecule has 2 heterocycles. The molecule has 0 atom stereocenters. The van der Waals surface area contributed by atoms with E-state index in [-0.39, 0.29) is 0 Å². The van der Waals surface area contributed by atoms with Gasteiger partial charge in [-0.25, -0.2) is 15.0 Å². The molecule has 0 saturated carbocycles. The maximum absolute atomic E-state index is 5.53. The maximum atomic E-state index is 5.53. The molecule has 0 bridgehead atoms. The molecule has 0 saturated heterocycles. The Kier molecular flexibility index (Phi) is 2.93. The first-order chi connectivity index (χ1) is 7.28. The van der Waals surface area contributed by atoms with Crippen LogP contribution < -0.4 is 5.73 Å². The van der Waals surface area contributed by atoms with Crippen LogP contribution >= 0.6 is 11.8 Å². The van der Waals surface area contributed by atoms with Gasteiger partial charge in [-0.3, -0.25) is 5.10 Å². The zero-order chi connectivity index (χ0) is 10.7. The molecule has 15 heavy (non-hydrogen) atoms. The van der Waals surface area contributed by atoms with E-state index in [0.29, 0.717) is 16.9 Å². The molecule has 0 radical (unpaired) electrons. The number of H-pyrrole nitrogens is 1. The third-order valence-corrected chi connectivity index (χ3v) is 2.43. The fourth-order valence-corrected chi connectivity index (χ4v) is 1.81. The van der Waals surface area contributed by atoms with Crippen molar-refractivity contribution in [2.24, 2.45) is 5.73 Å². The molecule has 0 aromatic carbocycles. The van der Waals surface area contributed by atoms with Crippen LogP contribution in [-0.4, -0.2) is 25.1 Å². The van der Waals surface area contributed by atoms with Crippen molar-refractivity contribution in [3.63, 3.8) is 0 Å². The van der Waals surface area contributed by atoms with Crippen LogP contribution in [-0.2, 0) is 6.54 Å². The van der Waals surface area contributed by atoms with Crippen LogP contribution in [0.1, 0.15) is 11.4 Å². The maximum Gasteiger partial charge on any atom is 0.195 e. The molecule has 7 heteroatoms. The van der Waals surface area contributed by atoms with E-state index in [9.17, 15) is 0 Å². The highest BCUT2D eigenvalue weighted by atomic mass is 32.2. The van der Waals surface area contributed by atoms with Gasteiger partial charge in [-0.05, 0) is 24.8 Å². The molecule has 2 aromatic rings. The van der Waals surface area contributed by atoms with Crippen molar-refractivity contribution < 1.29 is 0 Å². The fourth-order valence-electron chi connectivity index (χ4n) is 1.08. The normalized spacial score (nSPS) is 10.5. The summed E-state index contributed by atoms with van der Waals surface area (Å²) in [5, 5.41) is 7.78. The first kappa shape index (κ1) is 10.1. The Morgan fingerprint density at radius 3 is 3.00 bits per heavy atom. The fraction of sp³-hybridized carbons (Fsp3) is 0.250. The quantitative estimate of drug-likeness (QED) is 0.735. The lowest BCUT2D eigenvalue weighted by molar-refractivity contribution is 0.848. The summed E-state index contributed by atoms with van der Waals surface area (Å²) in [6, 6.07) is 1.87. The summed E-state index contributed by atoms with van der Waals surface area (Å²) in [7, 11) is 0. The highest BCUT2D eigenvalue weighted by molar-refractivity contribution is 7.99. The molecule has 78 valence electrons. The van der Waals surface area contributed by atoms with E-state index in [1.165, 1.54) is 18.1 Å². The first-order valence-electron chi connectivity index (χ1n) is 4.36. The molecule has 2 rings (SSSR count). The lowest BCUT2D eigenvalue weighted by atomic mass is 10.3. The van der Waals surface area contributed by atoms with Gasteiger partial charge in [0.1, 0.15) is 6.33 Å². The minimum Gasteiger partial charge on any atom is -0.325 e. The number of hydrogen-bond donors (Lipinski definition) is 2.